The molecule has 1 saturated heterocycles. The minimum atomic E-state index is -0.549. The highest BCUT2D eigenvalue weighted by atomic mass is 35.5. The van der Waals surface area contributed by atoms with Gasteiger partial charge in [0.2, 0.25) is 0 Å². The summed E-state index contributed by atoms with van der Waals surface area (Å²) in [5, 5.41) is 14.3. The van der Waals surface area contributed by atoms with Crippen molar-refractivity contribution >= 4 is 45.3 Å². The Bertz CT molecular complexity index is 1660. The highest BCUT2D eigenvalue weighted by Crippen LogP contribution is 2.37. The Morgan fingerprint density at radius 1 is 1.25 bits per heavy atom. The standard InChI is InChI=1S/C30H30ClFN7O/c1-38-11-5-8-21(38)16-40-30-36-28-23(29(37-30)39(2)15-18-12-20(13-18)35-17-33)14-34-27(26(28)32)22-9-3-6-19-7-4-10-24(31)25(19)22/h3-4,6-7,9-10,14-15,18,20-21,35H,5,8,11-13,16H2,1-2H3/q+1/b39-15+/t18?,20?,21-/m0/s1. The molecule has 1 atom stereocenters. The van der Waals surface area contributed by atoms with Gasteiger partial charge in [0.05, 0.1) is 13.3 Å². The van der Waals surface area contributed by atoms with Gasteiger partial charge in [-0.25, -0.2) is 8.97 Å². The van der Waals surface area contributed by atoms with Gasteiger partial charge in [0, 0.05) is 45.2 Å². The molecule has 1 N–H and O–H groups in total. The van der Waals surface area contributed by atoms with E-state index in [1.54, 1.807) is 12.3 Å². The molecule has 204 valence electrons. The predicted molar refractivity (Wildman–Crippen MR) is 154 cm³/mol. The van der Waals surface area contributed by atoms with Crippen molar-refractivity contribution in [3.63, 3.8) is 0 Å². The summed E-state index contributed by atoms with van der Waals surface area (Å²) in [6.45, 7) is 1.45. The van der Waals surface area contributed by atoms with Gasteiger partial charge in [0.1, 0.15) is 23.2 Å². The average molecular weight is 559 g/mol. The molecular weight excluding hydrogens is 529 g/mol. The highest BCUT2D eigenvalue weighted by Gasteiger charge is 2.31. The summed E-state index contributed by atoms with van der Waals surface area (Å²) in [5.41, 5.74) is 0.920. The lowest BCUT2D eigenvalue weighted by Gasteiger charge is -2.30. The third kappa shape index (κ3) is 4.93. The lowest BCUT2D eigenvalue weighted by molar-refractivity contribution is -0.405. The smallest absolute Gasteiger partial charge is 0.434 e. The molecule has 40 heavy (non-hydrogen) atoms. The summed E-state index contributed by atoms with van der Waals surface area (Å²) in [4.78, 5) is 16.1. The Labute approximate surface area is 237 Å². The molecule has 6 rings (SSSR count). The van der Waals surface area contributed by atoms with Gasteiger partial charge >= 0.3 is 11.8 Å². The zero-order valence-electron chi connectivity index (χ0n) is 22.4. The summed E-state index contributed by atoms with van der Waals surface area (Å²) in [7, 11) is 3.97. The van der Waals surface area contributed by atoms with Crippen molar-refractivity contribution in [2.45, 2.75) is 37.8 Å². The van der Waals surface area contributed by atoms with Crippen molar-refractivity contribution in [2.24, 2.45) is 5.92 Å². The average Bonchev–Trinajstić information content (AvgIpc) is 3.35. The fraction of sp³-hybridized carbons (Fsp3) is 0.367. The Kier molecular flexibility index (Phi) is 7.22. The van der Waals surface area contributed by atoms with Crippen LogP contribution in [0.15, 0.2) is 42.6 Å². The minimum absolute atomic E-state index is 0.132. The number of benzene rings is 2. The SMILES string of the molecule is CN1CCC[C@H]1COc1nc(/[N+](C)=C/C2CC(NC#N)C2)c2cnc(-c3cccc4cccc(Cl)c34)c(F)c2n1. The van der Waals surface area contributed by atoms with Gasteiger partial charge in [-0.2, -0.15) is 10.2 Å². The summed E-state index contributed by atoms with van der Waals surface area (Å²) in [5.74, 6) is 0.240. The molecule has 2 fully saturated rings. The highest BCUT2D eigenvalue weighted by molar-refractivity contribution is 6.36. The summed E-state index contributed by atoms with van der Waals surface area (Å²) in [6.07, 6.45) is 9.53. The number of hydrogen-bond donors (Lipinski definition) is 1. The van der Waals surface area contributed by atoms with Crippen molar-refractivity contribution in [2.75, 3.05) is 27.2 Å². The van der Waals surface area contributed by atoms with E-state index in [9.17, 15) is 0 Å². The van der Waals surface area contributed by atoms with Crippen LogP contribution in [0.3, 0.4) is 0 Å². The van der Waals surface area contributed by atoms with Crippen LogP contribution >= 0.6 is 11.6 Å². The quantitative estimate of drug-likeness (QED) is 0.142. The van der Waals surface area contributed by atoms with Gasteiger partial charge in [-0.3, -0.25) is 4.98 Å². The number of aromatic nitrogens is 3. The van der Waals surface area contributed by atoms with Crippen LogP contribution in [-0.4, -0.2) is 70.0 Å². The summed E-state index contributed by atoms with van der Waals surface area (Å²) < 4.78 is 24.4. The normalized spacial score (nSPS) is 21.4. The molecule has 0 unspecified atom stereocenters. The van der Waals surface area contributed by atoms with E-state index in [1.807, 2.05) is 48.1 Å². The van der Waals surface area contributed by atoms with Crippen molar-refractivity contribution in [1.82, 2.24) is 25.2 Å². The molecule has 2 aromatic heterocycles. The first kappa shape index (κ1) is 26.4. The molecule has 0 radical (unpaired) electrons. The second-order valence-electron chi connectivity index (χ2n) is 10.7. The molecule has 1 aliphatic carbocycles. The first-order valence-electron chi connectivity index (χ1n) is 13.5. The molecular formula is C30H30ClFN7O+. The first-order chi connectivity index (χ1) is 19.4. The van der Waals surface area contributed by atoms with Gasteiger partial charge in [-0.05, 0) is 50.7 Å². The number of pyridine rings is 1. The van der Waals surface area contributed by atoms with E-state index in [1.165, 1.54) is 0 Å². The van der Waals surface area contributed by atoms with Gasteiger partial charge in [0.25, 0.3) is 0 Å². The van der Waals surface area contributed by atoms with Crippen molar-refractivity contribution in [3.05, 3.63) is 53.4 Å². The molecule has 0 amide bonds. The number of halogens is 2. The number of hydrogen-bond acceptors (Lipinski definition) is 7. The molecule has 3 heterocycles. The number of nitrogens with zero attached hydrogens (tertiary/aromatic N) is 6. The Morgan fingerprint density at radius 2 is 2.05 bits per heavy atom. The van der Waals surface area contributed by atoms with Crippen LogP contribution in [-0.2, 0) is 0 Å². The van der Waals surface area contributed by atoms with Gasteiger partial charge in [-0.15, -0.1) is 0 Å². The number of ether oxygens (including phenoxy) is 1. The lowest BCUT2D eigenvalue weighted by atomic mass is 9.81. The molecule has 0 bridgehead atoms. The molecule has 10 heteroatoms. The predicted octanol–water partition coefficient (Wildman–Crippen LogP) is 5.30. The van der Waals surface area contributed by atoms with E-state index in [-0.39, 0.29) is 35.2 Å². The maximum absolute atomic E-state index is 16.4. The van der Waals surface area contributed by atoms with Crippen LogP contribution in [0, 0.1) is 23.2 Å². The molecule has 1 aliphatic heterocycles. The Hall–Kier alpha value is -3.87. The Morgan fingerprint density at radius 3 is 2.80 bits per heavy atom. The van der Waals surface area contributed by atoms with E-state index in [0.29, 0.717) is 28.4 Å². The Balaban J connectivity index is 1.44. The van der Waals surface area contributed by atoms with Crippen LogP contribution < -0.4 is 10.1 Å². The maximum Gasteiger partial charge on any atom is 0.434 e. The summed E-state index contributed by atoms with van der Waals surface area (Å²) in [6, 6.07) is 11.8. The first-order valence-corrected chi connectivity index (χ1v) is 13.9. The minimum Gasteiger partial charge on any atom is -0.443 e. The van der Waals surface area contributed by atoms with E-state index >= 15 is 4.39 Å². The van der Waals surface area contributed by atoms with Crippen LogP contribution in [0.5, 0.6) is 6.01 Å². The summed E-state index contributed by atoms with van der Waals surface area (Å²) >= 11 is 6.55. The molecule has 4 aromatic rings. The molecule has 2 aromatic carbocycles. The third-order valence-electron chi connectivity index (χ3n) is 8.04. The number of likely N-dealkylation sites (N-methyl/N-ethyl adjacent to an activating group) is 1. The van der Waals surface area contributed by atoms with E-state index in [0.717, 1.165) is 43.0 Å². The number of rotatable bonds is 7. The fourth-order valence-electron chi connectivity index (χ4n) is 5.78. The number of likely N-dealkylation sites (tertiary alicyclic amines) is 1. The molecule has 1 saturated carbocycles. The maximum atomic E-state index is 16.4. The van der Waals surface area contributed by atoms with Gasteiger partial charge in [-0.1, -0.05) is 41.9 Å². The van der Waals surface area contributed by atoms with Crippen LogP contribution in [0.1, 0.15) is 25.7 Å². The lowest BCUT2D eigenvalue weighted by Crippen LogP contribution is -2.40. The number of fused-ring (bicyclic) bond motifs is 2. The third-order valence-corrected chi connectivity index (χ3v) is 8.36. The fourth-order valence-corrected chi connectivity index (χ4v) is 6.06. The molecule has 8 nitrogen and oxygen atoms in total. The van der Waals surface area contributed by atoms with Crippen molar-refractivity contribution < 1.29 is 13.7 Å². The topological polar surface area (TPSA) is 90.0 Å². The van der Waals surface area contributed by atoms with Gasteiger partial charge in [0.15, 0.2) is 12.0 Å². The molecule has 0 spiro atoms. The monoisotopic (exact) mass is 558 g/mol. The van der Waals surface area contributed by atoms with E-state index in [4.69, 9.17) is 26.6 Å². The van der Waals surface area contributed by atoms with Crippen LogP contribution in [0.2, 0.25) is 5.02 Å². The van der Waals surface area contributed by atoms with Gasteiger partial charge < -0.3 is 15.0 Å². The van der Waals surface area contributed by atoms with Crippen molar-refractivity contribution in [1.29, 1.82) is 5.26 Å². The van der Waals surface area contributed by atoms with E-state index < -0.39 is 5.82 Å². The van der Waals surface area contributed by atoms with Crippen LogP contribution in [0.25, 0.3) is 32.9 Å². The zero-order chi connectivity index (χ0) is 27.8. The second-order valence-corrected chi connectivity index (χ2v) is 11.1. The zero-order valence-corrected chi connectivity index (χ0v) is 23.2. The second kappa shape index (κ2) is 11.0. The van der Waals surface area contributed by atoms with E-state index in [2.05, 4.69) is 33.4 Å². The van der Waals surface area contributed by atoms with Crippen LogP contribution in [0.4, 0.5) is 10.2 Å². The largest absolute Gasteiger partial charge is 0.443 e. The number of nitrogens with one attached hydrogen (secondary N) is 1. The molecule has 2 aliphatic rings. The number of nitriles is 1. The van der Waals surface area contributed by atoms with Crippen molar-refractivity contribution in [3.8, 4) is 23.5 Å².